The number of aryl methyl sites for hydroxylation is 1. The molecule has 0 spiro atoms. The van der Waals surface area contributed by atoms with Crippen LogP contribution in [0.3, 0.4) is 0 Å². The topological polar surface area (TPSA) is 82.5 Å². The van der Waals surface area contributed by atoms with E-state index in [-0.39, 0.29) is 17.9 Å². The number of hydrogen-bond donors (Lipinski definition) is 1. The Kier molecular flexibility index (Phi) is 6.33. The lowest BCUT2D eigenvalue weighted by Crippen LogP contribution is -2.22. The van der Waals surface area contributed by atoms with E-state index in [1.54, 1.807) is 75.7 Å². The highest BCUT2D eigenvalue weighted by Crippen LogP contribution is 2.29. The Morgan fingerprint density at radius 1 is 1.03 bits per heavy atom. The van der Waals surface area contributed by atoms with E-state index < -0.39 is 0 Å². The van der Waals surface area contributed by atoms with Crippen molar-refractivity contribution in [2.45, 2.75) is 13.3 Å². The fraction of sp³-hybridized carbons (Fsp3) is 0.160. The van der Waals surface area contributed by atoms with Crippen molar-refractivity contribution in [2.24, 2.45) is 0 Å². The number of amides is 1. The molecule has 0 bridgehead atoms. The van der Waals surface area contributed by atoms with E-state index in [1.165, 1.54) is 4.57 Å². The van der Waals surface area contributed by atoms with Crippen LogP contribution in [0.4, 0.5) is 5.69 Å². The van der Waals surface area contributed by atoms with Crippen LogP contribution in [0.1, 0.15) is 11.4 Å². The molecule has 1 heterocycles. The van der Waals surface area contributed by atoms with Crippen molar-refractivity contribution >= 4 is 34.1 Å². The minimum absolute atomic E-state index is 0.109. The number of para-hydroxylation sites is 1. The molecule has 1 amide bonds. The van der Waals surface area contributed by atoms with Gasteiger partial charge in [0.05, 0.1) is 47.9 Å². The van der Waals surface area contributed by atoms with Gasteiger partial charge in [-0.05, 0) is 55.0 Å². The summed E-state index contributed by atoms with van der Waals surface area (Å²) in [5.74, 6) is 1.40. The molecular formula is C25H22ClN3O4. The first-order valence-electron chi connectivity index (χ1n) is 10.2. The molecule has 1 aromatic heterocycles. The number of carbonyl (C=O) groups is 1. The van der Waals surface area contributed by atoms with Crippen LogP contribution in [-0.2, 0) is 11.2 Å². The number of nitrogens with one attached hydrogen (secondary N) is 1. The minimum Gasteiger partial charge on any atom is -0.493 e. The first-order valence-corrected chi connectivity index (χ1v) is 10.6. The van der Waals surface area contributed by atoms with Crippen LogP contribution in [0.15, 0.2) is 65.5 Å². The van der Waals surface area contributed by atoms with E-state index in [2.05, 4.69) is 10.3 Å². The number of nitrogens with zero attached hydrogens (tertiary/aromatic N) is 2. The van der Waals surface area contributed by atoms with Crippen molar-refractivity contribution < 1.29 is 14.3 Å². The van der Waals surface area contributed by atoms with E-state index in [1.807, 2.05) is 6.07 Å². The maximum absolute atomic E-state index is 13.1. The monoisotopic (exact) mass is 463 g/mol. The number of rotatable bonds is 6. The Labute approximate surface area is 195 Å². The van der Waals surface area contributed by atoms with Gasteiger partial charge in [0.2, 0.25) is 5.91 Å². The summed E-state index contributed by atoms with van der Waals surface area (Å²) in [6.45, 7) is 1.76. The first-order chi connectivity index (χ1) is 15.9. The van der Waals surface area contributed by atoms with Gasteiger partial charge in [-0.15, -0.1) is 0 Å². The summed E-state index contributed by atoms with van der Waals surface area (Å²) in [4.78, 5) is 30.4. The average molecular weight is 464 g/mol. The molecule has 0 saturated heterocycles. The predicted octanol–water partition coefficient (Wildman–Crippen LogP) is 4.55. The standard InChI is InChI=1S/C25H22ClN3O4/c1-15-27-20-7-5-4-6-18(20)25(31)29(15)17-9-10-19(26)21(14-17)28-24(30)13-16-8-11-22(32-2)23(12-16)33-3/h4-12,14H,13H2,1-3H3,(H,28,30). The maximum atomic E-state index is 13.1. The lowest BCUT2D eigenvalue weighted by molar-refractivity contribution is -0.115. The molecule has 0 aliphatic rings. The summed E-state index contributed by atoms with van der Waals surface area (Å²) < 4.78 is 12.0. The number of anilines is 1. The number of fused-ring (bicyclic) bond motifs is 1. The summed E-state index contributed by atoms with van der Waals surface area (Å²) in [6.07, 6.45) is 0.109. The fourth-order valence-corrected chi connectivity index (χ4v) is 3.83. The number of halogens is 1. The number of carbonyl (C=O) groups excluding carboxylic acids is 1. The number of methoxy groups -OCH3 is 2. The summed E-state index contributed by atoms with van der Waals surface area (Å²) in [5, 5.41) is 3.70. The van der Waals surface area contributed by atoms with E-state index in [0.717, 1.165) is 5.56 Å². The molecule has 7 nitrogen and oxygen atoms in total. The molecule has 33 heavy (non-hydrogen) atoms. The Morgan fingerprint density at radius 2 is 1.79 bits per heavy atom. The minimum atomic E-state index is -0.262. The van der Waals surface area contributed by atoms with Crippen molar-refractivity contribution in [2.75, 3.05) is 19.5 Å². The van der Waals surface area contributed by atoms with E-state index >= 15 is 0 Å². The van der Waals surface area contributed by atoms with E-state index in [9.17, 15) is 9.59 Å². The highest BCUT2D eigenvalue weighted by atomic mass is 35.5. The van der Waals surface area contributed by atoms with E-state index in [0.29, 0.717) is 44.6 Å². The Hall–Kier alpha value is -3.84. The molecular weight excluding hydrogens is 442 g/mol. The smallest absolute Gasteiger partial charge is 0.265 e. The molecule has 0 radical (unpaired) electrons. The first kappa shape index (κ1) is 22.4. The number of hydrogen-bond acceptors (Lipinski definition) is 5. The molecule has 0 unspecified atom stereocenters. The fourth-order valence-electron chi connectivity index (χ4n) is 3.67. The lowest BCUT2D eigenvalue weighted by Gasteiger charge is -2.14. The second-order valence-electron chi connectivity index (χ2n) is 7.40. The predicted molar refractivity (Wildman–Crippen MR) is 129 cm³/mol. The molecule has 1 N–H and O–H groups in total. The van der Waals surface area contributed by atoms with Crippen molar-refractivity contribution in [1.29, 1.82) is 0 Å². The second-order valence-corrected chi connectivity index (χ2v) is 7.80. The van der Waals surface area contributed by atoms with Gasteiger partial charge in [-0.25, -0.2) is 4.98 Å². The van der Waals surface area contributed by atoms with Crippen molar-refractivity contribution in [3.05, 3.63) is 87.4 Å². The van der Waals surface area contributed by atoms with Gasteiger partial charge < -0.3 is 14.8 Å². The third-order valence-electron chi connectivity index (χ3n) is 5.24. The molecule has 8 heteroatoms. The molecule has 168 valence electrons. The Bertz CT molecular complexity index is 1410. The van der Waals surface area contributed by atoms with Crippen LogP contribution in [-0.4, -0.2) is 29.7 Å². The second kappa shape index (κ2) is 9.34. The molecule has 0 aliphatic heterocycles. The molecule has 0 atom stereocenters. The lowest BCUT2D eigenvalue weighted by atomic mass is 10.1. The quantitative estimate of drug-likeness (QED) is 0.453. The normalized spacial score (nSPS) is 10.8. The number of aromatic nitrogens is 2. The summed E-state index contributed by atoms with van der Waals surface area (Å²) in [7, 11) is 3.09. The zero-order valence-corrected chi connectivity index (χ0v) is 19.1. The molecule has 0 fully saturated rings. The van der Waals surface area contributed by atoms with Crippen LogP contribution >= 0.6 is 11.6 Å². The molecule has 0 saturated carbocycles. The largest absolute Gasteiger partial charge is 0.493 e. The third-order valence-corrected chi connectivity index (χ3v) is 5.57. The van der Waals surface area contributed by atoms with Crippen LogP contribution in [0.2, 0.25) is 5.02 Å². The van der Waals surface area contributed by atoms with Crippen molar-refractivity contribution in [3.63, 3.8) is 0 Å². The maximum Gasteiger partial charge on any atom is 0.265 e. The summed E-state index contributed by atoms with van der Waals surface area (Å²) in [5.41, 5.74) is 2.15. The van der Waals surface area contributed by atoms with Crippen LogP contribution in [0.25, 0.3) is 16.6 Å². The third kappa shape index (κ3) is 4.54. The molecule has 4 aromatic rings. The van der Waals surface area contributed by atoms with E-state index in [4.69, 9.17) is 21.1 Å². The summed E-state index contributed by atoms with van der Waals surface area (Å²) in [6, 6.07) is 17.5. The highest BCUT2D eigenvalue weighted by Gasteiger charge is 2.14. The zero-order valence-electron chi connectivity index (χ0n) is 18.4. The average Bonchev–Trinajstić information content (AvgIpc) is 2.81. The molecule has 0 aliphatic carbocycles. The van der Waals surface area contributed by atoms with Gasteiger partial charge in [0.1, 0.15) is 5.82 Å². The van der Waals surface area contributed by atoms with Gasteiger partial charge in [0.25, 0.3) is 5.56 Å². The van der Waals surface area contributed by atoms with Crippen molar-refractivity contribution in [3.8, 4) is 17.2 Å². The Morgan fingerprint density at radius 3 is 2.55 bits per heavy atom. The van der Waals surface area contributed by atoms with Crippen LogP contribution in [0.5, 0.6) is 11.5 Å². The number of benzene rings is 3. The van der Waals surface area contributed by atoms with Gasteiger partial charge in [0.15, 0.2) is 11.5 Å². The highest BCUT2D eigenvalue weighted by molar-refractivity contribution is 6.33. The van der Waals surface area contributed by atoms with Crippen LogP contribution in [0, 0.1) is 6.92 Å². The summed E-state index contributed by atoms with van der Waals surface area (Å²) >= 11 is 6.34. The Balaban J connectivity index is 1.63. The SMILES string of the molecule is COc1ccc(CC(=O)Nc2cc(-n3c(C)nc4ccccc4c3=O)ccc2Cl)cc1OC. The number of ether oxygens (including phenoxy) is 2. The van der Waals surface area contributed by atoms with Crippen LogP contribution < -0.4 is 20.3 Å². The van der Waals surface area contributed by atoms with Gasteiger partial charge >= 0.3 is 0 Å². The van der Waals surface area contributed by atoms with Gasteiger partial charge in [-0.1, -0.05) is 29.8 Å². The van der Waals surface area contributed by atoms with Crippen molar-refractivity contribution in [1.82, 2.24) is 9.55 Å². The zero-order chi connectivity index (χ0) is 23.5. The van der Waals surface area contributed by atoms with Gasteiger partial charge in [-0.3, -0.25) is 14.2 Å². The van der Waals surface area contributed by atoms with Gasteiger partial charge in [0, 0.05) is 0 Å². The molecule has 4 rings (SSSR count). The molecule has 3 aromatic carbocycles. The van der Waals surface area contributed by atoms with Gasteiger partial charge in [-0.2, -0.15) is 0 Å².